The fraction of sp³-hybridized carbons (Fsp3) is 0.516. The lowest BCUT2D eigenvalue weighted by molar-refractivity contribution is -0.185. The maximum atomic E-state index is 13.1. The Morgan fingerprint density at radius 3 is 2.60 bits per heavy atom. The molecule has 218 valence electrons. The SMILES string of the molecule is CO[C@@H]1/C=C/C=C(\C)Cc2cc(O)cc(c2)NC(=O)C[C@H](OC(=O)C(C)C)/C(C)=C/[C@H](C)[C@@H]2CC1(O)CC(=O)O2. The normalized spacial score (nSPS) is 31.7. The second-order valence-electron chi connectivity index (χ2n) is 11.2. The maximum Gasteiger partial charge on any atom is 0.309 e. The van der Waals surface area contributed by atoms with Gasteiger partial charge in [0.05, 0.1) is 18.8 Å². The van der Waals surface area contributed by atoms with E-state index in [4.69, 9.17) is 14.2 Å². The molecule has 0 radical (unpaired) electrons. The van der Waals surface area contributed by atoms with Crippen LogP contribution in [-0.2, 0) is 35.0 Å². The quantitative estimate of drug-likeness (QED) is 0.370. The van der Waals surface area contributed by atoms with E-state index in [-0.39, 0.29) is 30.9 Å². The Balaban J connectivity index is 2.05. The molecular formula is C31H41NO8. The van der Waals surface area contributed by atoms with Gasteiger partial charge in [-0.2, -0.15) is 0 Å². The second kappa shape index (κ2) is 13.3. The van der Waals surface area contributed by atoms with E-state index in [1.807, 2.05) is 19.9 Å². The first-order valence-electron chi connectivity index (χ1n) is 13.6. The fourth-order valence-electron chi connectivity index (χ4n) is 5.04. The van der Waals surface area contributed by atoms with Crippen molar-refractivity contribution in [2.45, 2.75) is 84.2 Å². The van der Waals surface area contributed by atoms with E-state index in [1.165, 1.54) is 13.2 Å². The summed E-state index contributed by atoms with van der Waals surface area (Å²) in [6.07, 6.45) is 5.13. The molecule has 0 saturated carbocycles. The van der Waals surface area contributed by atoms with Crippen molar-refractivity contribution in [3.8, 4) is 5.75 Å². The minimum atomic E-state index is -1.49. The zero-order valence-electron chi connectivity index (χ0n) is 24.1. The molecule has 1 amide bonds. The number of benzene rings is 1. The molecule has 9 heteroatoms. The zero-order valence-corrected chi connectivity index (χ0v) is 24.1. The molecule has 2 heterocycles. The number of fused-ring (bicyclic) bond motifs is 4. The van der Waals surface area contributed by atoms with Gasteiger partial charge in [0.2, 0.25) is 5.91 Å². The van der Waals surface area contributed by atoms with Crippen molar-refractivity contribution < 1.29 is 38.8 Å². The van der Waals surface area contributed by atoms with Crippen LogP contribution in [0.3, 0.4) is 0 Å². The number of methoxy groups -OCH3 is 1. The molecule has 2 aliphatic rings. The van der Waals surface area contributed by atoms with Gasteiger partial charge in [-0.15, -0.1) is 0 Å². The van der Waals surface area contributed by atoms with Crippen LogP contribution in [0.1, 0.15) is 59.4 Å². The molecule has 0 aliphatic carbocycles. The summed E-state index contributed by atoms with van der Waals surface area (Å²) in [5.41, 5.74) is 1.28. The summed E-state index contributed by atoms with van der Waals surface area (Å²) < 4.78 is 16.9. The van der Waals surface area contributed by atoms with Crippen LogP contribution >= 0.6 is 0 Å². The van der Waals surface area contributed by atoms with Crippen LogP contribution in [0, 0.1) is 11.8 Å². The first kappa shape index (κ1) is 31.1. The summed E-state index contributed by atoms with van der Waals surface area (Å²) in [5, 5.41) is 24.6. The molecule has 0 aromatic heterocycles. The Bertz CT molecular complexity index is 1200. The average Bonchev–Trinajstić information content (AvgIpc) is 2.84. The van der Waals surface area contributed by atoms with E-state index >= 15 is 0 Å². The number of rotatable bonds is 3. The number of allylic oxidation sites excluding steroid dienone is 3. The van der Waals surface area contributed by atoms with Crippen LogP contribution in [0.4, 0.5) is 5.69 Å². The highest BCUT2D eigenvalue weighted by Gasteiger charge is 2.46. The number of amides is 1. The number of ether oxygens (including phenoxy) is 3. The molecule has 9 nitrogen and oxygen atoms in total. The zero-order chi connectivity index (χ0) is 29.6. The minimum Gasteiger partial charge on any atom is -0.508 e. The average molecular weight is 556 g/mol. The van der Waals surface area contributed by atoms with Gasteiger partial charge in [0, 0.05) is 31.2 Å². The van der Waals surface area contributed by atoms with Gasteiger partial charge < -0.3 is 29.7 Å². The first-order valence-corrected chi connectivity index (χ1v) is 13.6. The monoisotopic (exact) mass is 555 g/mol. The van der Waals surface area contributed by atoms with Crippen LogP contribution in [0.15, 0.2) is 53.6 Å². The van der Waals surface area contributed by atoms with E-state index in [1.54, 1.807) is 51.1 Å². The number of phenols is 1. The van der Waals surface area contributed by atoms with Crippen molar-refractivity contribution in [2.75, 3.05) is 12.4 Å². The lowest BCUT2D eigenvalue weighted by Crippen LogP contribution is -2.52. The fourth-order valence-corrected chi connectivity index (χ4v) is 5.04. The van der Waals surface area contributed by atoms with Crippen molar-refractivity contribution in [3.63, 3.8) is 0 Å². The largest absolute Gasteiger partial charge is 0.508 e. The van der Waals surface area contributed by atoms with Gasteiger partial charge in [-0.1, -0.05) is 50.6 Å². The van der Waals surface area contributed by atoms with Crippen LogP contribution in [0.25, 0.3) is 0 Å². The topological polar surface area (TPSA) is 131 Å². The summed E-state index contributed by atoms with van der Waals surface area (Å²) in [5.74, 6) is -2.14. The van der Waals surface area contributed by atoms with Gasteiger partial charge in [-0.25, -0.2) is 0 Å². The van der Waals surface area contributed by atoms with Crippen molar-refractivity contribution in [1.82, 2.24) is 0 Å². The predicted molar refractivity (Wildman–Crippen MR) is 150 cm³/mol. The van der Waals surface area contributed by atoms with Gasteiger partial charge in [0.15, 0.2) is 0 Å². The molecule has 1 unspecified atom stereocenters. The van der Waals surface area contributed by atoms with Crippen molar-refractivity contribution in [1.29, 1.82) is 0 Å². The Kier molecular flexibility index (Phi) is 10.3. The summed E-state index contributed by atoms with van der Waals surface area (Å²) >= 11 is 0. The number of nitrogens with one attached hydrogen (secondary N) is 1. The third kappa shape index (κ3) is 8.29. The standard InChI is InChI=1S/C31H41NO8/c1-18(2)30(36)40-25-15-28(34)32-23-12-22(13-24(33)14-23)10-19(3)8-7-9-27(38-6)31(37)16-26(39-29(35)17-31)21(5)11-20(25)4/h7-9,11-14,18,21,25-27,33,37H,10,15-17H2,1-6H3,(H,32,34)/b9-7+,19-8+,20-11+/t21-,25-,26-,27+,31?/m0/s1. The molecule has 1 saturated heterocycles. The molecule has 2 aliphatic heterocycles. The molecule has 3 rings (SSSR count). The van der Waals surface area contributed by atoms with E-state index in [9.17, 15) is 24.6 Å². The molecular weight excluding hydrogens is 514 g/mol. The van der Waals surface area contributed by atoms with Gasteiger partial charge >= 0.3 is 11.9 Å². The molecule has 1 aromatic rings. The number of aliphatic hydroxyl groups is 1. The maximum absolute atomic E-state index is 13.1. The van der Waals surface area contributed by atoms with Gasteiger partial charge in [-0.05, 0) is 43.5 Å². The Morgan fingerprint density at radius 2 is 1.93 bits per heavy atom. The number of hydrogen-bond acceptors (Lipinski definition) is 8. The lowest BCUT2D eigenvalue weighted by atomic mass is 9.80. The summed E-state index contributed by atoms with van der Waals surface area (Å²) in [6.45, 7) is 8.93. The summed E-state index contributed by atoms with van der Waals surface area (Å²) in [6, 6.07) is 4.86. The van der Waals surface area contributed by atoms with Crippen LogP contribution in [0.2, 0.25) is 0 Å². The smallest absolute Gasteiger partial charge is 0.309 e. The van der Waals surface area contributed by atoms with Crippen molar-refractivity contribution in [3.05, 3.63) is 59.2 Å². The Morgan fingerprint density at radius 1 is 1.20 bits per heavy atom. The second-order valence-corrected chi connectivity index (χ2v) is 11.2. The minimum absolute atomic E-state index is 0.00771. The highest BCUT2D eigenvalue weighted by Crippen LogP contribution is 2.35. The molecule has 5 atom stereocenters. The summed E-state index contributed by atoms with van der Waals surface area (Å²) in [4.78, 5) is 38.2. The molecule has 1 aromatic carbocycles. The molecule has 40 heavy (non-hydrogen) atoms. The van der Waals surface area contributed by atoms with E-state index in [2.05, 4.69) is 5.32 Å². The predicted octanol–water partition coefficient (Wildman–Crippen LogP) is 4.38. The third-order valence-electron chi connectivity index (χ3n) is 7.20. The van der Waals surface area contributed by atoms with Crippen LogP contribution in [-0.4, -0.2) is 59.1 Å². The number of esters is 2. The summed E-state index contributed by atoms with van der Waals surface area (Å²) in [7, 11) is 1.48. The number of hydrogen-bond donors (Lipinski definition) is 3. The van der Waals surface area contributed by atoms with E-state index in [0.717, 1.165) is 11.1 Å². The Labute approximate surface area is 235 Å². The third-order valence-corrected chi connectivity index (χ3v) is 7.20. The van der Waals surface area contributed by atoms with E-state index in [0.29, 0.717) is 17.7 Å². The number of carbonyl (C=O) groups is 3. The number of phenolic OH excluding ortho intramolecular Hbond substituents is 1. The Hall–Kier alpha value is -3.43. The van der Waals surface area contributed by atoms with Crippen molar-refractivity contribution >= 4 is 23.5 Å². The number of carbonyl (C=O) groups excluding carboxylic acids is 3. The van der Waals surface area contributed by atoms with Crippen molar-refractivity contribution in [2.24, 2.45) is 11.8 Å². The molecule has 4 bridgehead atoms. The van der Waals surface area contributed by atoms with E-state index < -0.39 is 47.7 Å². The van der Waals surface area contributed by atoms with Gasteiger partial charge in [-0.3, -0.25) is 14.4 Å². The number of aromatic hydroxyl groups is 1. The molecule has 0 spiro atoms. The van der Waals surface area contributed by atoms with Crippen LogP contribution < -0.4 is 5.32 Å². The highest BCUT2D eigenvalue weighted by molar-refractivity contribution is 5.91. The number of anilines is 1. The van der Waals surface area contributed by atoms with Crippen LogP contribution in [0.5, 0.6) is 5.75 Å². The molecule has 3 N–H and O–H groups in total. The highest BCUT2D eigenvalue weighted by atomic mass is 16.6. The molecule has 1 fully saturated rings. The lowest BCUT2D eigenvalue weighted by Gasteiger charge is -2.41. The van der Waals surface area contributed by atoms with Gasteiger partial charge in [0.25, 0.3) is 0 Å². The first-order chi connectivity index (χ1) is 18.8. The van der Waals surface area contributed by atoms with Gasteiger partial charge in [0.1, 0.15) is 29.7 Å².